The van der Waals surface area contributed by atoms with Gasteiger partial charge in [-0.3, -0.25) is 4.79 Å². The van der Waals surface area contributed by atoms with E-state index in [0.717, 1.165) is 28.1 Å². The van der Waals surface area contributed by atoms with Gasteiger partial charge >= 0.3 is 0 Å². The molecule has 1 amide bonds. The van der Waals surface area contributed by atoms with E-state index in [4.69, 9.17) is 11.6 Å². The van der Waals surface area contributed by atoms with Crippen LogP contribution < -0.4 is 4.72 Å². The minimum Gasteiger partial charge on any atom is -0.324 e. The number of benzene rings is 4. The predicted molar refractivity (Wildman–Crippen MR) is 152 cm³/mol. The van der Waals surface area contributed by atoms with Crippen molar-refractivity contribution in [3.63, 3.8) is 0 Å². The highest BCUT2D eigenvalue weighted by Gasteiger charge is 2.20. The Balaban J connectivity index is 1.42. The summed E-state index contributed by atoms with van der Waals surface area (Å²) in [5, 5.41) is 0.620. The number of carbonyl (C=O) groups is 1. The standard InChI is InChI=1S/C30H24ClN3O3S/c1-3-21-9-14-26(15-10-21)38(36,37)33-30(35)24-13-16-28-29(18-24)34(20(2)32-28)19-25-12-11-23(17-27(25)31)22-7-5-4-6-8-22/h3-18H,1,19H2,2H3,(H,33,35). The van der Waals surface area contributed by atoms with Gasteiger partial charge in [-0.05, 0) is 65.6 Å². The van der Waals surface area contributed by atoms with E-state index in [2.05, 4.69) is 16.3 Å². The summed E-state index contributed by atoms with van der Waals surface area (Å²) < 4.78 is 29.6. The molecule has 0 saturated carbocycles. The Bertz CT molecular complexity index is 1780. The molecule has 5 aromatic rings. The zero-order valence-corrected chi connectivity index (χ0v) is 22.1. The lowest BCUT2D eigenvalue weighted by atomic mass is 10.0. The van der Waals surface area contributed by atoms with Crippen LogP contribution in [0.2, 0.25) is 5.02 Å². The van der Waals surface area contributed by atoms with E-state index in [1.165, 1.54) is 12.1 Å². The van der Waals surface area contributed by atoms with Crippen LogP contribution in [-0.2, 0) is 16.6 Å². The number of halogens is 1. The van der Waals surface area contributed by atoms with Gasteiger partial charge in [-0.1, -0.05) is 78.9 Å². The minimum atomic E-state index is -4.05. The highest BCUT2D eigenvalue weighted by molar-refractivity contribution is 7.90. The van der Waals surface area contributed by atoms with Crippen molar-refractivity contribution in [2.24, 2.45) is 0 Å². The van der Waals surface area contributed by atoms with Crippen LogP contribution in [0.5, 0.6) is 0 Å². The number of aromatic nitrogens is 2. The summed E-state index contributed by atoms with van der Waals surface area (Å²) in [5.74, 6) is 0.0195. The van der Waals surface area contributed by atoms with Crippen LogP contribution in [0.3, 0.4) is 0 Å². The number of nitrogens with zero attached hydrogens (tertiary/aromatic N) is 2. The second kappa shape index (κ2) is 10.3. The van der Waals surface area contributed by atoms with Gasteiger partial charge in [-0.15, -0.1) is 0 Å². The highest BCUT2D eigenvalue weighted by Crippen LogP contribution is 2.28. The number of amides is 1. The Labute approximate surface area is 226 Å². The molecule has 0 bridgehead atoms. The first-order valence-corrected chi connectivity index (χ1v) is 13.7. The molecule has 1 heterocycles. The van der Waals surface area contributed by atoms with Crippen LogP contribution in [0.1, 0.15) is 27.3 Å². The fourth-order valence-corrected chi connectivity index (χ4v) is 5.48. The number of imidazole rings is 1. The number of rotatable bonds is 7. The molecule has 0 unspecified atom stereocenters. The van der Waals surface area contributed by atoms with Crippen LogP contribution in [0.15, 0.2) is 102 Å². The van der Waals surface area contributed by atoms with Gasteiger partial charge in [0.15, 0.2) is 0 Å². The molecule has 0 spiro atoms. The molecule has 190 valence electrons. The van der Waals surface area contributed by atoms with Gasteiger partial charge in [-0.25, -0.2) is 18.1 Å². The maximum absolute atomic E-state index is 12.9. The summed E-state index contributed by atoms with van der Waals surface area (Å²) in [7, 11) is -4.05. The summed E-state index contributed by atoms with van der Waals surface area (Å²) in [6.07, 6.45) is 1.61. The molecule has 6 nitrogen and oxygen atoms in total. The lowest BCUT2D eigenvalue weighted by Gasteiger charge is -2.12. The Morgan fingerprint density at radius 1 is 0.974 bits per heavy atom. The zero-order valence-electron chi connectivity index (χ0n) is 20.6. The third-order valence-electron chi connectivity index (χ3n) is 6.34. The molecule has 1 aromatic heterocycles. The second-order valence-electron chi connectivity index (χ2n) is 8.83. The summed E-state index contributed by atoms with van der Waals surface area (Å²) in [6.45, 7) is 5.98. The Kier molecular flexibility index (Phi) is 6.89. The lowest BCUT2D eigenvalue weighted by Crippen LogP contribution is -2.30. The molecule has 0 saturated heterocycles. The van der Waals surface area contributed by atoms with E-state index < -0.39 is 15.9 Å². The number of aryl methyl sites for hydroxylation is 1. The van der Waals surface area contributed by atoms with Crippen molar-refractivity contribution in [1.29, 1.82) is 0 Å². The molecule has 0 aliphatic heterocycles. The zero-order chi connectivity index (χ0) is 26.9. The largest absolute Gasteiger partial charge is 0.324 e. The SMILES string of the molecule is C=Cc1ccc(S(=O)(=O)NC(=O)c2ccc3nc(C)n(Cc4ccc(-c5ccccc5)cc4Cl)c3c2)cc1. The summed E-state index contributed by atoms with van der Waals surface area (Å²) >= 11 is 6.66. The number of hydrogen-bond donors (Lipinski definition) is 1. The fourth-order valence-electron chi connectivity index (χ4n) is 4.26. The van der Waals surface area contributed by atoms with E-state index in [-0.39, 0.29) is 10.5 Å². The van der Waals surface area contributed by atoms with Crippen LogP contribution >= 0.6 is 11.6 Å². The molecule has 38 heavy (non-hydrogen) atoms. The van der Waals surface area contributed by atoms with Crippen molar-refractivity contribution in [1.82, 2.24) is 14.3 Å². The first kappa shape index (κ1) is 25.4. The smallest absolute Gasteiger partial charge is 0.265 e. The molecular formula is C30H24ClN3O3S. The van der Waals surface area contributed by atoms with Gasteiger partial charge in [-0.2, -0.15) is 0 Å². The van der Waals surface area contributed by atoms with Gasteiger partial charge in [0.05, 0.1) is 22.5 Å². The Morgan fingerprint density at radius 3 is 2.39 bits per heavy atom. The molecule has 0 radical (unpaired) electrons. The molecule has 0 fully saturated rings. The molecule has 8 heteroatoms. The molecule has 1 N–H and O–H groups in total. The molecule has 4 aromatic carbocycles. The first-order valence-electron chi connectivity index (χ1n) is 11.9. The fraction of sp³-hybridized carbons (Fsp3) is 0.0667. The molecule has 0 aliphatic carbocycles. The number of sulfonamides is 1. The highest BCUT2D eigenvalue weighted by atomic mass is 35.5. The summed E-state index contributed by atoms with van der Waals surface area (Å²) in [5.41, 5.74) is 5.37. The number of nitrogens with one attached hydrogen (secondary N) is 1. The third-order valence-corrected chi connectivity index (χ3v) is 8.04. The van der Waals surface area contributed by atoms with Crippen molar-refractivity contribution in [2.75, 3.05) is 0 Å². The number of carbonyl (C=O) groups excluding carboxylic acids is 1. The second-order valence-corrected chi connectivity index (χ2v) is 10.9. The summed E-state index contributed by atoms with van der Waals surface area (Å²) in [4.78, 5) is 17.5. The Morgan fingerprint density at radius 2 is 1.71 bits per heavy atom. The molecule has 5 rings (SSSR count). The Hall–Kier alpha value is -4.20. The van der Waals surface area contributed by atoms with Gasteiger partial charge < -0.3 is 4.57 Å². The van der Waals surface area contributed by atoms with Gasteiger partial charge in [0.1, 0.15) is 5.82 Å². The maximum atomic E-state index is 12.9. The number of fused-ring (bicyclic) bond motifs is 1. The quantitative estimate of drug-likeness (QED) is 0.256. The van der Waals surface area contributed by atoms with Crippen molar-refractivity contribution in [3.8, 4) is 11.1 Å². The maximum Gasteiger partial charge on any atom is 0.265 e. The van der Waals surface area contributed by atoms with Gasteiger partial charge in [0, 0.05) is 10.6 Å². The van der Waals surface area contributed by atoms with Crippen LogP contribution in [0.25, 0.3) is 28.2 Å². The van der Waals surface area contributed by atoms with E-state index in [0.29, 0.717) is 22.6 Å². The van der Waals surface area contributed by atoms with E-state index in [1.54, 1.807) is 36.4 Å². The normalized spacial score (nSPS) is 11.4. The average Bonchev–Trinajstić information content (AvgIpc) is 3.24. The van der Waals surface area contributed by atoms with Crippen molar-refractivity contribution in [3.05, 3.63) is 125 Å². The molecule has 0 aliphatic rings. The van der Waals surface area contributed by atoms with Gasteiger partial charge in [0.2, 0.25) is 0 Å². The van der Waals surface area contributed by atoms with E-state index in [1.807, 2.05) is 60.0 Å². The van der Waals surface area contributed by atoms with Crippen molar-refractivity contribution >= 4 is 44.6 Å². The van der Waals surface area contributed by atoms with Crippen LogP contribution in [0.4, 0.5) is 0 Å². The first-order chi connectivity index (χ1) is 18.2. The number of hydrogen-bond acceptors (Lipinski definition) is 4. The minimum absolute atomic E-state index is 0.00740. The van der Waals surface area contributed by atoms with Crippen LogP contribution in [0, 0.1) is 6.92 Å². The van der Waals surface area contributed by atoms with E-state index >= 15 is 0 Å². The summed E-state index contributed by atoms with van der Waals surface area (Å²) in [6, 6.07) is 27.0. The van der Waals surface area contributed by atoms with Crippen molar-refractivity contribution < 1.29 is 13.2 Å². The lowest BCUT2D eigenvalue weighted by molar-refractivity contribution is 0.0981. The monoisotopic (exact) mass is 541 g/mol. The van der Waals surface area contributed by atoms with Crippen LogP contribution in [-0.4, -0.2) is 23.9 Å². The predicted octanol–water partition coefficient (Wildman–Crippen LogP) is 6.48. The van der Waals surface area contributed by atoms with E-state index in [9.17, 15) is 13.2 Å². The van der Waals surface area contributed by atoms with Gasteiger partial charge in [0.25, 0.3) is 15.9 Å². The third kappa shape index (κ3) is 5.11. The van der Waals surface area contributed by atoms with Crippen molar-refractivity contribution in [2.45, 2.75) is 18.4 Å². The average molecular weight is 542 g/mol. The molecular weight excluding hydrogens is 518 g/mol. The molecule has 0 atom stereocenters. The topological polar surface area (TPSA) is 81.1 Å².